The van der Waals surface area contributed by atoms with Gasteiger partial charge in [-0.1, -0.05) is 38.4 Å². The first-order chi connectivity index (χ1) is 7.38. The quantitative estimate of drug-likeness (QED) is 0.828. The van der Waals surface area contributed by atoms with Crippen LogP contribution >= 0.6 is 11.6 Å². The molecule has 2 heterocycles. The number of aromatic hydroxyl groups is 1. The lowest BCUT2D eigenvalue weighted by Gasteiger charge is -2.17. The molecule has 0 spiro atoms. The summed E-state index contributed by atoms with van der Waals surface area (Å²) < 4.78 is 1.70. The number of pyridine rings is 1. The van der Waals surface area contributed by atoms with Gasteiger partial charge in [-0.15, -0.1) is 0 Å². The van der Waals surface area contributed by atoms with E-state index in [1.54, 1.807) is 16.5 Å². The van der Waals surface area contributed by atoms with Gasteiger partial charge in [-0.3, -0.25) is 4.40 Å². The molecule has 0 fully saturated rings. The third kappa shape index (κ3) is 2.00. The van der Waals surface area contributed by atoms with Crippen LogP contribution in [-0.2, 0) is 6.42 Å². The van der Waals surface area contributed by atoms with Crippen molar-refractivity contribution in [3.8, 4) is 5.88 Å². The zero-order valence-corrected chi connectivity index (χ0v) is 10.4. The van der Waals surface area contributed by atoms with Gasteiger partial charge in [0.1, 0.15) is 5.82 Å². The van der Waals surface area contributed by atoms with Crippen LogP contribution in [0.4, 0.5) is 0 Å². The van der Waals surface area contributed by atoms with E-state index >= 15 is 0 Å². The lowest BCUT2D eigenvalue weighted by Crippen LogP contribution is -2.12. The Kier molecular flexibility index (Phi) is 2.58. The van der Waals surface area contributed by atoms with E-state index in [0.29, 0.717) is 5.15 Å². The van der Waals surface area contributed by atoms with Gasteiger partial charge in [0.25, 0.3) is 0 Å². The molecule has 86 valence electrons. The summed E-state index contributed by atoms with van der Waals surface area (Å²) in [5.74, 6) is 0.974. The molecule has 0 amide bonds. The Morgan fingerprint density at radius 2 is 2.06 bits per heavy atom. The maximum absolute atomic E-state index is 9.83. The Labute approximate surface area is 99.7 Å². The molecule has 0 aliphatic rings. The Morgan fingerprint density at radius 3 is 2.69 bits per heavy atom. The largest absolute Gasteiger partial charge is 0.494 e. The Hall–Kier alpha value is -1.22. The number of rotatable bonds is 1. The molecule has 2 aromatic rings. The lowest BCUT2D eigenvalue weighted by atomic mass is 9.92. The van der Waals surface area contributed by atoms with Crippen molar-refractivity contribution in [2.75, 3.05) is 0 Å². The van der Waals surface area contributed by atoms with Crippen LogP contribution in [0.5, 0.6) is 5.88 Å². The summed E-state index contributed by atoms with van der Waals surface area (Å²) >= 11 is 6.04. The van der Waals surface area contributed by atoms with E-state index in [4.69, 9.17) is 11.6 Å². The lowest BCUT2D eigenvalue weighted by molar-refractivity contribution is 0.390. The van der Waals surface area contributed by atoms with Gasteiger partial charge >= 0.3 is 0 Å². The molecule has 4 heteroatoms. The summed E-state index contributed by atoms with van der Waals surface area (Å²) in [4.78, 5) is 4.30. The fourth-order valence-electron chi connectivity index (χ4n) is 1.74. The maximum atomic E-state index is 9.83. The number of aromatic nitrogens is 2. The Bertz CT molecular complexity index is 526. The van der Waals surface area contributed by atoms with Crippen molar-refractivity contribution in [2.45, 2.75) is 27.2 Å². The second-order valence-corrected chi connectivity index (χ2v) is 5.52. The third-order valence-electron chi connectivity index (χ3n) is 2.35. The molecular formula is C12H15ClN2O. The first-order valence-corrected chi connectivity index (χ1v) is 5.61. The predicted molar refractivity (Wildman–Crippen MR) is 65.0 cm³/mol. The van der Waals surface area contributed by atoms with Crippen LogP contribution in [-0.4, -0.2) is 14.5 Å². The highest BCUT2D eigenvalue weighted by atomic mass is 35.5. The Balaban J connectivity index is 2.62. The van der Waals surface area contributed by atoms with Crippen LogP contribution in [0, 0.1) is 5.41 Å². The second-order valence-electron chi connectivity index (χ2n) is 5.16. The molecule has 1 N–H and O–H groups in total. The van der Waals surface area contributed by atoms with Crippen LogP contribution in [0.2, 0.25) is 5.15 Å². The first-order valence-electron chi connectivity index (χ1n) is 5.23. The van der Waals surface area contributed by atoms with Crippen molar-refractivity contribution in [2.24, 2.45) is 5.41 Å². The number of halogens is 1. The van der Waals surface area contributed by atoms with Gasteiger partial charge in [0, 0.05) is 6.42 Å². The van der Waals surface area contributed by atoms with Crippen molar-refractivity contribution in [1.82, 2.24) is 9.38 Å². The topological polar surface area (TPSA) is 37.5 Å². The van der Waals surface area contributed by atoms with Crippen molar-refractivity contribution in [1.29, 1.82) is 0 Å². The van der Waals surface area contributed by atoms with Crippen molar-refractivity contribution in [3.63, 3.8) is 0 Å². The summed E-state index contributed by atoms with van der Waals surface area (Å²) in [5, 5.41) is 10.3. The molecule has 0 unspecified atom stereocenters. The molecule has 0 aromatic carbocycles. The van der Waals surface area contributed by atoms with Crippen LogP contribution in [0.25, 0.3) is 5.52 Å². The second kappa shape index (κ2) is 3.67. The Morgan fingerprint density at radius 1 is 1.38 bits per heavy atom. The molecule has 0 bridgehead atoms. The van der Waals surface area contributed by atoms with Gasteiger partial charge in [0.15, 0.2) is 11.0 Å². The summed E-state index contributed by atoms with van der Waals surface area (Å²) in [7, 11) is 0. The predicted octanol–water partition coefficient (Wildman–Crippen LogP) is 3.28. The van der Waals surface area contributed by atoms with E-state index < -0.39 is 0 Å². The van der Waals surface area contributed by atoms with E-state index in [2.05, 4.69) is 25.8 Å². The highest BCUT2D eigenvalue weighted by Gasteiger charge is 2.18. The van der Waals surface area contributed by atoms with Gasteiger partial charge in [0.2, 0.25) is 0 Å². The van der Waals surface area contributed by atoms with Crippen LogP contribution in [0.3, 0.4) is 0 Å². The van der Waals surface area contributed by atoms with E-state index in [-0.39, 0.29) is 11.3 Å². The summed E-state index contributed by atoms with van der Waals surface area (Å²) in [6, 6.07) is 5.25. The minimum absolute atomic E-state index is 0.104. The number of imidazole rings is 1. The monoisotopic (exact) mass is 238 g/mol. The number of hydrogen-bond acceptors (Lipinski definition) is 2. The zero-order valence-electron chi connectivity index (χ0n) is 9.66. The smallest absolute Gasteiger partial charge is 0.197 e. The minimum atomic E-state index is 0.104. The van der Waals surface area contributed by atoms with Gasteiger partial charge in [-0.25, -0.2) is 4.98 Å². The molecule has 0 aliphatic carbocycles. The molecule has 2 aromatic heterocycles. The van der Waals surface area contributed by atoms with Gasteiger partial charge < -0.3 is 5.11 Å². The van der Waals surface area contributed by atoms with E-state index in [0.717, 1.165) is 17.8 Å². The molecule has 0 atom stereocenters. The molecule has 2 rings (SSSR count). The van der Waals surface area contributed by atoms with Gasteiger partial charge in [0.05, 0.1) is 5.52 Å². The molecule has 0 radical (unpaired) electrons. The molecular weight excluding hydrogens is 224 g/mol. The van der Waals surface area contributed by atoms with Crippen LogP contribution in [0.1, 0.15) is 26.6 Å². The molecule has 3 nitrogen and oxygen atoms in total. The summed E-state index contributed by atoms with van der Waals surface area (Å²) in [6.07, 6.45) is 0.762. The zero-order chi connectivity index (χ0) is 11.9. The average molecular weight is 239 g/mol. The van der Waals surface area contributed by atoms with Gasteiger partial charge in [-0.2, -0.15) is 0 Å². The molecule has 0 saturated heterocycles. The fourth-order valence-corrected chi connectivity index (χ4v) is 1.99. The maximum Gasteiger partial charge on any atom is 0.197 e. The first kappa shape index (κ1) is 11.3. The van der Waals surface area contributed by atoms with E-state index in [1.807, 2.05) is 6.07 Å². The average Bonchev–Trinajstić information content (AvgIpc) is 2.42. The summed E-state index contributed by atoms with van der Waals surface area (Å²) in [6.45, 7) is 6.38. The highest BCUT2D eigenvalue weighted by Crippen LogP contribution is 2.27. The van der Waals surface area contributed by atoms with E-state index in [1.165, 1.54) is 0 Å². The third-order valence-corrected chi connectivity index (χ3v) is 2.63. The molecule has 16 heavy (non-hydrogen) atoms. The standard InChI is InChI=1S/C12H15ClN2O/c1-12(2,3)7-9-14-11(13)8-5-4-6-10(16)15(8)9/h4-6,16H,7H2,1-3H3. The van der Waals surface area contributed by atoms with Crippen LogP contribution in [0.15, 0.2) is 18.2 Å². The van der Waals surface area contributed by atoms with Crippen LogP contribution < -0.4 is 0 Å². The van der Waals surface area contributed by atoms with Crippen molar-refractivity contribution >= 4 is 17.1 Å². The number of fused-ring (bicyclic) bond motifs is 1. The van der Waals surface area contributed by atoms with E-state index in [9.17, 15) is 5.11 Å². The van der Waals surface area contributed by atoms with Gasteiger partial charge in [-0.05, 0) is 17.5 Å². The number of nitrogens with zero attached hydrogens (tertiary/aromatic N) is 2. The van der Waals surface area contributed by atoms with Crippen molar-refractivity contribution in [3.05, 3.63) is 29.2 Å². The highest BCUT2D eigenvalue weighted by molar-refractivity contribution is 6.32. The SMILES string of the molecule is CC(C)(C)Cc1nc(Cl)c2cccc(O)n12. The number of hydrogen-bond donors (Lipinski definition) is 1. The van der Waals surface area contributed by atoms with Crippen molar-refractivity contribution < 1.29 is 5.11 Å². The fraction of sp³-hybridized carbons (Fsp3) is 0.417. The summed E-state index contributed by atoms with van der Waals surface area (Å²) in [5.41, 5.74) is 0.855. The molecule has 0 aliphatic heterocycles. The minimum Gasteiger partial charge on any atom is -0.494 e. The normalized spacial score (nSPS) is 12.2. The molecule has 0 saturated carbocycles.